The van der Waals surface area contributed by atoms with Gasteiger partial charge in [0.25, 0.3) is 0 Å². The van der Waals surface area contributed by atoms with Gasteiger partial charge in [-0.15, -0.1) is 0 Å². The Bertz CT molecular complexity index is 515. The maximum atomic E-state index is 11.2. The van der Waals surface area contributed by atoms with Crippen LogP contribution in [0.5, 0.6) is 0 Å². The van der Waals surface area contributed by atoms with Gasteiger partial charge in [-0.05, 0) is 56.4 Å². The highest BCUT2D eigenvalue weighted by Gasteiger charge is 2.41. The van der Waals surface area contributed by atoms with E-state index in [1.54, 1.807) is 6.92 Å². The van der Waals surface area contributed by atoms with E-state index >= 15 is 0 Å². The SMILES string of the molecule is CC(=O)OC1CC2C(=C1C)[C@@H](/C=C(\C)C(=O)O)CC[C@H]2C. The number of ether oxygens (including phenoxy) is 1. The summed E-state index contributed by atoms with van der Waals surface area (Å²) >= 11 is 0. The van der Waals surface area contributed by atoms with Crippen LogP contribution >= 0.6 is 0 Å². The fourth-order valence-corrected chi connectivity index (χ4v) is 3.80. The average molecular weight is 292 g/mol. The second kappa shape index (κ2) is 6.04. The number of hydrogen-bond donors (Lipinski definition) is 1. The highest BCUT2D eigenvalue weighted by Crippen LogP contribution is 2.49. The van der Waals surface area contributed by atoms with Crippen LogP contribution in [0, 0.1) is 17.8 Å². The lowest BCUT2D eigenvalue weighted by atomic mass is 9.71. The molecule has 0 aromatic rings. The monoisotopic (exact) mass is 292 g/mol. The molecule has 0 radical (unpaired) electrons. The minimum absolute atomic E-state index is 0.135. The molecule has 1 N–H and O–H groups in total. The van der Waals surface area contributed by atoms with Crippen LogP contribution in [-0.4, -0.2) is 23.1 Å². The first-order chi connectivity index (χ1) is 9.81. The number of carboxylic acid groups (broad SMARTS) is 1. The molecule has 0 spiro atoms. The second-order valence-corrected chi connectivity index (χ2v) is 6.39. The van der Waals surface area contributed by atoms with Crippen molar-refractivity contribution in [2.45, 2.75) is 53.1 Å². The second-order valence-electron chi connectivity index (χ2n) is 6.39. The molecule has 0 aromatic heterocycles. The number of carbonyl (C=O) groups is 2. The van der Waals surface area contributed by atoms with E-state index in [-0.39, 0.29) is 18.0 Å². The van der Waals surface area contributed by atoms with Crippen molar-refractivity contribution in [1.29, 1.82) is 0 Å². The number of esters is 1. The summed E-state index contributed by atoms with van der Waals surface area (Å²) < 4.78 is 5.43. The zero-order chi connectivity index (χ0) is 15.7. The van der Waals surface area contributed by atoms with Crippen molar-refractivity contribution in [2.75, 3.05) is 0 Å². The minimum Gasteiger partial charge on any atom is -0.478 e. The van der Waals surface area contributed by atoms with E-state index in [0.29, 0.717) is 17.4 Å². The van der Waals surface area contributed by atoms with Gasteiger partial charge >= 0.3 is 11.9 Å². The Balaban J connectivity index is 2.32. The zero-order valence-corrected chi connectivity index (χ0v) is 13.2. The highest BCUT2D eigenvalue weighted by atomic mass is 16.5. The fraction of sp³-hybridized carbons (Fsp3) is 0.647. The molecule has 2 rings (SSSR count). The average Bonchev–Trinajstić information content (AvgIpc) is 2.71. The van der Waals surface area contributed by atoms with Gasteiger partial charge in [-0.2, -0.15) is 0 Å². The van der Waals surface area contributed by atoms with Crippen molar-refractivity contribution in [3.8, 4) is 0 Å². The van der Waals surface area contributed by atoms with Crippen LogP contribution in [0.3, 0.4) is 0 Å². The van der Waals surface area contributed by atoms with Crippen molar-refractivity contribution in [1.82, 2.24) is 0 Å². The van der Waals surface area contributed by atoms with Gasteiger partial charge in [0.15, 0.2) is 0 Å². The summed E-state index contributed by atoms with van der Waals surface area (Å²) in [5, 5.41) is 9.09. The van der Waals surface area contributed by atoms with Crippen LogP contribution in [0.25, 0.3) is 0 Å². The van der Waals surface area contributed by atoms with Crippen molar-refractivity contribution in [2.24, 2.45) is 17.8 Å². The van der Waals surface area contributed by atoms with E-state index in [4.69, 9.17) is 9.84 Å². The first-order valence-electron chi connectivity index (χ1n) is 7.60. The molecule has 4 nitrogen and oxygen atoms in total. The quantitative estimate of drug-likeness (QED) is 0.492. The van der Waals surface area contributed by atoms with E-state index in [9.17, 15) is 9.59 Å². The third kappa shape index (κ3) is 3.20. The molecule has 0 bridgehead atoms. The molecule has 2 aliphatic carbocycles. The number of hydrogen-bond acceptors (Lipinski definition) is 3. The molecule has 0 saturated heterocycles. The summed E-state index contributed by atoms with van der Waals surface area (Å²) in [5.74, 6) is 0.0251. The molecule has 1 saturated carbocycles. The van der Waals surface area contributed by atoms with Gasteiger partial charge in [0, 0.05) is 12.5 Å². The molecule has 4 heteroatoms. The molecule has 0 aromatic carbocycles. The number of carboxylic acids is 1. The molecular formula is C17H24O4. The first-order valence-corrected chi connectivity index (χ1v) is 7.60. The first kappa shape index (κ1) is 15.8. The lowest BCUT2D eigenvalue weighted by Crippen LogP contribution is -2.24. The topological polar surface area (TPSA) is 63.6 Å². The smallest absolute Gasteiger partial charge is 0.330 e. The predicted octanol–water partition coefficient (Wildman–Crippen LogP) is 3.33. The summed E-state index contributed by atoms with van der Waals surface area (Å²) in [4.78, 5) is 22.3. The van der Waals surface area contributed by atoms with Crippen molar-refractivity contribution in [3.63, 3.8) is 0 Å². The normalized spacial score (nSPS) is 32.9. The highest BCUT2D eigenvalue weighted by molar-refractivity contribution is 5.85. The summed E-state index contributed by atoms with van der Waals surface area (Å²) in [7, 11) is 0. The Hall–Kier alpha value is -1.58. The summed E-state index contributed by atoms with van der Waals surface area (Å²) in [6, 6.07) is 0. The summed E-state index contributed by atoms with van der Waals surface area (Å²) in [6.45, 7) is 7.34. The molecule has 0 aliphatic heterocycles. The fourth-order valence-electron chi connectivity index (χ4n) is 3.80. The van der Waals surface area contributed by atoms with E-state index in [2.05, 4.69) is 6.92 Å². The van der Waals surface area contributed by atoms with E-state index in [0.717, 1.165) is 24.8 Å². The molecule has 21 heavy (non-hydrogen) atoms. The van der Waals surface area contributed by atoms with E-state index in [1.807, 2.05) is 13.0 Å². The molecular weight excluding hydrogens is 268 g/mol. The molecule has 2 unspecified atom stereocenters. The lowest BCUT2D eigenvalue weighted by molar-refractivity contribution is -0.144. The van der Waals surface area contributed by atoms with Gasteiger partial charge in [-0.25, -0.2) is 4.79 Å². The Morgan fingerprint density at radius 2 is 1.95 bits per heavy atom. The Labute approximate surface area is 125 Å². The standard InChI is InChI=1S/C17H24O4/c1-9-5-6-13(7-10(2)17(19)20)16-11(3)15(8-14(9)16)21-12(4)18/h7,9,13-15H,5-6,8H2,1-4H3,(H,19,20)/b10-7+/t9-,13-,14?,15?/m1/s1. The number of rotatable bonds is 3. The molecule has 1 fully saturated rings. The summed E-state index contributed by atoms with van der Waals surface area (Å²) in [6.07, 6.45) is 4.64. The third-order valence-electron chi connectivity index (χ3n) is 4.92. The molecule has 4 atom stereocenters. The number of carbonyl (C=O) groups excluding carboxylic acids is 1. The van der Waals surface area contributed by atoms with Crippen molar-refractivity contribution in [3.05, 3.63) is 22.8 Å². The zero-order valence-electron chi connectivity index (χ0n) is 13.2. The molecule has 116 valence electrons. The van der Waals surface area contributed by atoms with Crippen molar-refractivity contribution >= 4 is 11.9 Å². The van der Waals surface area contributed by atoms with E-state index < -0.39 is 5.97 Å². The van der Waals surface area contributed by atoms with Crippen molar-refractivity contribution < 1.29 is 19.4 Å². The Morgan fingerprint density at radius 3 is 2.52 bits per heavy atom. The van der Waals surface area contributed by atoms with Gasteiger partial charge in [-0.1, -0.05) is 18.6 Å². The van der Waals surface area contributed by atoms with Crippen LogP contribution in [0.15, 0.2) is 22.8 Å². The minimum atomic E-state index is -0.863. The predicted molar refractivity (Wildman–Crippen MR) is 79.6 cm³/mol. The number of aliphatic carboxylic acids is 1. The van der Waals surface area contributed by atoms with Gasteiger partial charge in [0.05, 0.1) is 0 Å². The molecule has 2 aliphatic rings. The largest absolute Gasteiger partial charge is 0.478 e. The Kier molecular flexibility index (Phi) is 4.55. The van der Waals surface area contributed by atoms with Gasteiger partial charge in [0.1, 0.15) is 6.10 Å². The third-order valence-corrected chi connectivity index (χ3v) is 4.92. The molecule has 0 amide bonds. The maximum Gasteiger partial charge on any atom is 0.330 e. The van der Waals surface area contributed by atoms with Crippen LogP contribution in [0.1, 0.15) is 47.0 Å². The van der Waals surface area contributed by atoms with Crippen LogP contribution in [-0.2, 0) is 14.3 Å². The van der Waals surface area contributed by atoms with Crippen LogP contribution in [0.4, 0.5) is 0 Å². The van der Waals surface area contributed by atoms with E-state index in [1.165, 1.54) is 12.5 Å². The van der Waals surface area contributed by atoms with Crippen LogP contribution < -0.4 is 0 Å². The van der Waals surface area contributed by atoms with Gasteiger partial charge in [-0.3, -0.25) is 4.79 Å². The number of fused-ring (bicyclic) bond motifs is 1. The molecule has 0 heterocycles. The maximum absolute atomic E-state index is 11.2. The Morgan fingerprint density at radius 1 is 1.29 bits per heavy atom. The van der Waals surface area contributed by atoms with Crippen LogP contribution in [0.2, 0.25) is 0 Å². The summed E-state index contributed by atoms with van der Waals surface area (Å²) in [5.41, 5.74) is 2.83. The van der Waals surface area contributed by atoms with Gasteiger partial charge < -0.3 is 9.84 Å². The lowest BCUT2D eigenvalue weighted by Gasteiger charge is -2.33. The number of allylic oxidation sites excluding steroid dienone is 2. The van der Waals surface area contributed by atoms with Gasteiger partial charge in [0.2, 0.25) is 0 Å².